The van der Waals surface area contributed by atoms with Crippen molar-refractivity contribution in [1.82, 2.24) is 15.0 Å². The molecule has 0 bridgehead atoms. The van der Waals surface area contributed by atoms with Crippen LogP contribution in [0.15, 0.2) is 34.4 Å². The zero-order valence-corrected chi connectivity index (χ0v) is 14.4. The number of thioether (sulfide) groups is 1. The molecule has 4 rings (SSSR count). The second-order valence-corrected chi connectivity index (χ2v) is 6.98. The van der Waals surface area contributed by atoms with Gasteiger partial charge in [0.15, 0.2) is 10.8 Å². The molecule has 0 radical (unpaired) electrons. The van der Waals surface area contributed by atoms with Crippen molar-refractivity contribution in [3.8, 4) is 11.3 Å². The molecule has 2 aromatic heterocycles. The summed E-state index contributed by atoms with van der Waals surface area (Å²) in [6, 6.07) is 7.93. The van der Waals surface area contributed by atoms with E-state index < -0.39 is 0 Å². The van der Waals surface area contributed by atoms with Crippen LogP contribution in [0.3, 0.4) is 0 Å². The van der Waals surface area contributed by atoms with E-state index in [9.17, 15) is 4.79 Å². The fraction of sp³-hybridized carbons (Fsp3) is 0.176. The van der Waals surface area contributed by atoms with E-state index in [1.54, 1.807) is 6.92 Å². The largest absolute Gasteiger partial charge is 0.331 e. The number of aromatic amines is 1. The van der Waals surface area contributed by atoms with Crippen LogP contribution in [0, 0.1) is 0 Å². The fourth-order valence-electron chi connectivity index (χ4n) is 2.59. The predicted octanol–water partition coefficient (Wildman–Crippen LogP) is 3.89. The summed E-state index contributed by atoms with van der Waals surface area (Å²) in [7, 11) is 0. The standard InChI is InChI=1S/C17H13ClN4OS/c1-9(23)8-24-17-20-14-5-13(18)15(21-16(14)22-17)10-2-3-11-6-19-7-12(11)4-10/h2-5,7H,6,8H2,1H3,(H,20,21,22). The number of halogens is 1. The van der Waals surface area contributed by atoms with Crippen molar-refractivity contribution in [2.75, 3.05) is 5.75 Å². The average Bonchev–Trinajstić information content (AvgIpc) is 3.17. The Kier molecular flexibility index (Phi) is 3.86. The Hall–Kier alpha value is -2.18. The third kappa shape index (κ3) is 2.83. The maximum Gasteiger partial charge on any atom is 0.179 e. The smallest absolute Gasteiger partial charge is 0.179 e. The van der Waals surface area contributed by atoms with E-state index in [4.69, 9.17) is 11.6 Å². The van der Waals surface area contributed by atoms with Crippen LogP contribution in [0.2, 0.25) is 5.02 Å². The molecule has 0 saturated heterocycles. The summed E-state index contributed by atoms with van der Waals surface area (Å²) in [4.78, 5) is 27.6. The highest BCUT2D eigenvalue weighted by Crippen LogP contribution is 2.31. The lowest BCUT2D eigenvalue weighted by atomic mass is 10.0. The molecule has 0 aliphatic carbocycles. The van der Waals surface area contributed by atoms with E-state index in [1.165, 1.54) is 17.3 Å². The van der Waals surface area contributed by atoms with Gasteiger partial charge >= 0.3 is 0 Å². The minimum Gasteiger partial charge on any atom is -0.331 e. The number of nitrogens with one attached hydrogen (secondary N) is 1. The van der Waals surface area contributed by atoms with Gasteiger partial charge in [0, 0.05) is 11.8 Å². The number of ketones is 1. The van der Waals surface area contributed by atoms with Gasteiger partial charge in [-0.1, -0.05) is 35.5 Å². The van der Waals surface area contributed by atoms with Gasteiger partial charge in [0.05, 0.1) is 28.5 Å². The van der Waals surface area contributed by atoms with E-state index in [2.05, 4.69) is 26.0 Å². The summed E-state index contributed by atoms with van der Waals surface area (Å²) in [6.07, 6.45) is 1.87. The Balaban J connectivity index is 1.74. The molecule has 0 spiro atoms. The first kappa shape index (κ1) is 15.4. The summed E-state index contributed by atoms with van der Waals surface area (Å²) >= 11 is 7.78. The molecule has 24 heavy (non-hydrogen) atoms. The number of H-pyrrole nitrogens is 1. The Morgan fingerprint density at radius 2 is 2.21 bits per heavy atom. The van der Waals surface area contributed by atoms with Gasteiger partial charge in [-0.25, -0.2) is 9.97 Å². The van der Waals surface area contributed by atoms with Crippen LogP contribution in [0.25, 0.3) is 22.4 Å². The number of carbonyl (C=O) groups excluding carboxylic acids is 1. The number of imidazole rings is 1. The molecule has 120 valence electrons. The molecule has 0 amide bonds. The van der Waals surface area contributed by atoms with E-state index in [1.807, 2.05) is 24.4 Å². The minimum absolute atomic E-state index is 0.104. The maximum absolute atomic E-state index is 11.1. The molecule has 5 nitrogen and oxygen atoms in total. The second kappa shape index (κ2) is 6.03. The van der Waals surface area contributed by atoms with Crippen molar-refractivity contribution in [2.45, 2.75) is 18.6 Å². The lowest BCUT2D eigenvalue weighted by Gasteiger charge is -2.05. The SMILES string of the molecule is CC(=O)CSc1nc2nc(-c3ccc4c(c3)C=NC4)c(Cl)cc2[nH]1. The molecule has 0 atom stereocenters. The molecule has 1 N–H and O–H groups in total. The number of nitrogens with zero attached hydrogens (tertiary/aromatic N) is 3. The monoisotopic (exact) mass is 356 g/mol. The molecule has 3 aromatic rings. The number of carbonyl (C=O) groups is 1. The number of benzene rings is 1. The summed E-state index contributed by atoms with van der Waals surface area (Å²) in [5.41, 5.74) is 5.30. The Bertz CT molecular complexity index is 996. The highest BCUT2D eigenvalue weighted by atomic mass is 35.5. The Morgan fingerprint density at radius 3 is 3.04 bits per heavy atom. The Morgan fingerprint density at radius 1 is 1.33 bits per heavy atom. The van der Waals surface area contributed by atoms with Gasteiger partial charge in [-0.2, -0.15) is 0 Å². The summed E-state index contributed by atoms with van der Waals surface area (Å²) in [5, 5.41) is 1.23. The van der Waals surface area contributed by atoms with E-state index >= 15 is 0 Å². The molecule has 1 aromatic carbocycles. The van der Waals surface area contributed by atoms with Crippen LogP contribution < -0.4 is 0 Å². The number of aromatic nitrogens is 3. The second-order valence-electron chi connectivity index (χ2n) is 5.61. The molecular formula is C17H13ClN4OS. The summed E-state index contributed by atoms with van der Waals surface area (Å²) in [6.45, 7) is 2.28. The van der Waals surface area contributed by atoms with Crippen LogP contribution in [0.4, 0.5) is 0 Å². The molecule has 0 fully saturated rings. The van der Waals surface area contributed by atoms with Gasteiger partial charge in [-0.3, -0.25) is 9.79 Å². The highest BCUT2D eigenvalue weighted by molar-refractivity contribution is 7.99. The zero-order valence-electron chi connectivity index (χ0n) is 12.8. The summed E-state index contributed by atoms with van der Waals surface area (Å²) < 4.78 is 0. The first-order valence-corrected chi connectivity index (χ1v) is 8.78. The molecule has 1 aliphatic heterocycles. The van der Waals surface area contributed by atoms with Crippen molar-refractivity contribution < 1.29 is 4.79 Å². The van der Waals surface area contributed by atoms with Crippen molar-refractivity contribution in [3.63, 3.8) is 0 Å². The van der Waals surface area contributed by atoms with Gasteiger partial charge in [0.2, 0.25) is 0 Å². The Labute approximate surface area is 147 Å². The number of fused-ring (bicyclic) bond motifs is 2. The van der Waals surface area contributed by atoms with Gasteiger partial charge in [-0.15, -0.1) is 0 Å². The predicted molar refractivity (Wildman–Crippen MR) is 97.0 cm³/mol. The molecule has 0 saturated carbocycles. The zero-order chi connectivity index (χ0) is 16.7. The lowest BCUT2D eigenvalue weighted by Crippen LogP contribution is -1.93. The van der Waals surface area contributed by atoms with Gasteiger partial charge in [0.25, 0.3) is 0 Å². The number of rotatable bonds is 4. The topological polar surface area (TPSA) is 71.0 Å². The maximum atomic E-state index is 11.1. The van der Waals surface area contributed by atoms with Gasteiger partial charge < -0.3 is 4.98 Å². The van der Waals surface area contributed by atoms with Crippen LogP contribution in [0.1, 0.15) is 18.1 Å². The highest BCUT2D eigenvalue weighted by Gasteiger charge is 2.14. The van der Waals surface area contributed by atoms with Gasteiger partial charge in [0.1, 0.15) is 5.78 Å². The third-order valence-electron chi connectivity index (χ3n) is 3.73. The number of aliphatic imine (C=N–C) groups is 1. The van der Waals surface area contributed by atoms with E-state index in [0.717, 1.165) is 23.2 Å². The van der Waals surface area contributed by atoms with Crippen molar-refractivity contribution >= 4 is 46.5 Å². The first-order valence-electron chi connectivity index (χ1n) is 7.42. The van der Waals surface area contributed by atoms with Crippen molar-refractivity contribution in [3.05, 3.63) is 40.4 Å². The molecular weight excluding hydrogens is 344 g/mol. The van der Waals surface area contributed by atoms with Crippen LogP contribution in [0.5, 0.6) is 0 Å². The van der Waals surface area contributed by atoms with E-state index in [0.29, 0.717) is 27.3 Å². The van der Waals surface area contributed by atoms with Crippen molar-refractivity contribution in [1.29, 1.82) is 0 Å². The molecule has 7 heteroatoms. The molecule has 0 unspecified atom stereocenters. The lowest BCUT2D eigenvalue weighted by molar-refractivity contribution is -0.114. The van der Waals surface area contributed by atoms with Crippen LogP contribution in [-0.2, 0) is 11.3 Å². The number of hydrogen-bond acceptors (Lipinski definition) is 5. The number of Topliss-reactive ketones (excluding diaryl/α,β-unsaturated/α-hetero) is 1. The quantitative estimate of drug-likeness (QED) is 0.720. The average molecular weight is 357 g/mol. The minimum atomic E-state index is 0.104. The fourth-order valence-corrected chi connectivity index (χ4v) is 3.52. The normalized spacial score (nSPS) is 12.8. The number of hydrogen-bond donors (Lipinski definition) is 1. The van der Waals surface area contributed by atoms with Crippen molar-refractivity contribution in [2.24, 2.45) is 4.99 Å². The van der Waals surface area contributed by atoms with Crippen LogP contribution >= 0.6 is 23.4 Å². The first-order chi connectivity index (χ1) is 11.6. The van der Waals surface area contributed by atoms with Gasteiger partial charge in [-0.05, 0) is 30.2 Å². The number of pyridine rings is 1. The summed E-state index contributed by atoms with van der Waals surface area (Å²) in [5.74, 6) is 0.483. The van der Waals surface area contributed by atoms with E-state index in [-0.39, 0.29) is 5.78 Å². The third-order valence-corrected chi connectivity index (χ3v) is 5.03. The molecule has 3 heterocycles. The van der Waals surface area contributed by atoms with Crippen LogP contribution in [-0.4, -0.2) is 32.7 Å². The molecule has 1 aliphatic rings.